The average molecular weight is 582 g/mol. The number of carbonyl (C=O) groups excluding carboxylic acids is 3. The number of ether oxygens (including phenoxy) is 2. The molecule has 0 saturated carbocycles. The fourth-order valence-corrected chi connectivity index (χ4v) is 4.54. The normalized spacial score (nSPS) is 10.9. The summed E-state index contributed by atoms with van der Waals surface area (Å²) < 4.78 is 10.8. The molecule has 3 amide bonds. The Kier molecular flexibility index (Phi) is 10.8. The monoisotopic (exact) mass is 581 g/mol. The molecule has 0 atom stereocenters. The van der Waals surface area contributed by atoms with Crippen molar-refractivity contribution in [1.82, 2.24) is 5.32 Å². The third kappa shape index (κ3) is 8.74. The molecule has 3 N–H and O–H groups in total. The van der Waals surface area contributed by atoms with Crippen LogP contribution in [0.15, 0.2) is 114 Å². The van der Waals surface area contributed by atoms with Gasteiger partial charge in [-0.1, -0.05) is 36.4 Å². The fraction of sp³-hybridized carbons (Fsp3) is 0.121. The van der Waals surface area contributed by atoms with Crippen molar-refractivity contribution in [2.75, 3.05) is 30.1 Å². The second kappa shape index (κ2) is 15.1. The maximum atomic E-state index is 13.4. The van der Waals surface area contributed by atoms with Crippen LogP contribution in [0.5, 0.6) is 11.5 Å². The first kappa shape index (κ1) is 30.0. The standard InChI is InChI=1S/C33H31N3O5S/c1-3-41-30-12-8-7-11-24(30)21-29(36-32(38)23-9-5-4-6-10-23)33(39)35-26-15-19-28(20-16-26)42-22-31(37)34-25-13-17-27(40-2)18-14-25/h4-21H,3,22H2,1-2H3,(H,34,37)(H,35,39)(H,36,38)/b29-21-. The Balaban J connectivity index is 1.42. The molecule has 4 rings (SSSR count). The lowest BCUT2D eigenvalue weighted by molar-refractivity contribution is -0.114. The molecular formula is C33H31N3O5S. The number of amides is 3. The van der Waals surface area contributed by atoms with Gasteiger partial charge in [0.15, 0.2) is 0 Å². The van der Waals surface area contributed by atoms with E-state index < -0.39 is 11.8 Å². The van der Waals surface area contributed by atoms with Crippen LogP contribution in [0.4, 0.5) is 11.4 Å². The van der Waals surface area contributed by atoms with E-state index in [1.165, 1.54) is 11.8 Å². The number of hydrogen-bond donors (Lipinski definition) is 3. The number of rotatable bonds is 12. The summed E-state index contributed by atoms with van der Waals surface area (Å²) in [6, 6.07) is 30.2. The van der Waals surface area contributed by atoms with Gasteiger partial charge in [-0.25, -0.2) is 0 Å². The van der Waals surface area contributed by atoms with E-state index in [4.69, 9.17) is 9.47 Å². The Morgan fingerprint density at radius 3 is 2.12 bits per heavy atom. The van der Waals surface area contributed by atoms with Gasteiger partial charge in [0.25, 0.3) is 11.8 Å². The van der Waals surface area contributed by atoms with Gasteiger partial charge in [0.05, 0.1) is 19.5 Å². The first-order valence-electron chi connectivity index (χ1n) is 13.2. The van der Waals surface area contributed by atoms with E-state index in [1.807, 2.05) is 43.3 Å². The van der Waals surface area contributed by atoms with E-state index in [0.717, 1.165) is 4.90 Å². The van der Waals surface area contributed by atoms with Crippen molar-refractivity contribution >= 4 is 46.9 Å². The molecular weight excluding hydrogens is 550 g/mol. The van der Waals surface area contributed by atoms with Crippen LogP contribution < -0.4 is 25.4 Å². The first-order chi connectivity index (χ1) is 20.4. The molecule has 0 aliphatic rings. The third-order valence-corrected chi connectivity index (χ3v) is 6.92. The Morgan fingerprint density at radius 1 is 0.786 bits per heavy atom. The van der Waals surface area contributed by atoms with Crippen molar-refractivity contribution in [3.8, 4) is 11.5 Å². The van der Waals surface area contributed by atoms with Crippen molar-refractivity contribution < 1.29 is 23.9 Å². The summed E-state index contributed by atoms with van der Waals surface area (Å²) in [5, 5.41) is 8.43. The van der Waals surface area contributed by atoms with Crippen molar-refractivity contribution in [1.29, 1.82) is 0 Å². The zero-order valence-corrected chi connectivity index (χ0v) is 24.1. The van der Waals surface area contributed by atoms with Gasteiger partial charge in [-0.15, -0.1) is 11.8 Å². The summed E-state index contributed by atoms with van der Waals surface area (Å²) in [4.78, 5) is 39.5. The second-order valence-electron chi connectivity index (χ2n) is 8.89. The summed E-state index contributed by atoms with van der Waals surface area (Å²) >= 11 is 1.37. The molecule has 0 aliphatic heterocycles. The predicted octanol–water partition coefficient (Wildman–Crippen LogP) is 6.23. The van der Waals surface area contributed by atoms with Gasteiger partial charge in [-0.05, 0) is 79.7 Å². The molecule has 0 aliphatic carbocycles. The van der Waals surface area contributed by atoms with Crippen LogP contribution in [0.1, 0.15) is 22.8 Å². The maximum absolute atomic E-state index is 13.4. The summed E-state index contributed by atoms with van der Waals surface area (Å²) in [7, 11) is 1.59. The maximum Gasteiger partial charge on any atom is 0.272 e. The van der Waals surface area contributed by atoms with Crippen LogP contribution in [-0.2, 0) is 9.59 Å². The minimum absolute atomic E-state index is 0.0599. The molecule has 0 aromatic heterocycles. The smallest absolute Gasteiger partial charge is 0.272 e. The quantitative estimate of drug-likeness (QED) is 0.135. The SMILES string of the molecule is CCOc1ccccc1/C=C(\NC(=O)c1ccccc1)C(=O)Nc1ccc(SCC(=O)Nc2ccc(OC)cc2)cc1. The summed E-state index contributed by atoms with van der Waals surface area (Å²) in [5.41, 5.74) is 2.35. The van der Waals surface area contributed by atoms with Gasteiger partial charge in [0.2, 0.25) is 5.91 Å². The number of para-hydroxylation sites is 1. The van der Waals surface area contributed by atoms with E-state index in [-0.39, 0.29) is 17.4 Å². The molecule has 0 radical (unpaired) electrons. The van der Waals surface area contributed by atoms with Crippen LogP contribution in [0.3, 0.4) is 0 Å². The lowest BCUT2D eigenvalue weighted by Gasteiger charge is -2.13. The van der Waals surface area contributed by atoms with Gasteiger partial charge < -0.3 is 25.4 Å². The third-order valence-electron chi connectivity index (χ3n) is 5.90. The van der Waals surface area contributed by atoms with Crippen LogP contribution >= 0.6 is 11.8 Å². The molecule has 0 fully saturated rings. The molecule has 4 aromatic rings. The van der Waals surface area contributed by atoms with E-state index in [0.29, 0.717) is 40.6 Å². The minimum atomic E-state index is -0.496. The minimum Gasteiger partial charge on any atom is -0.497 e. The molecule has 0 unspecified atom stereocenters. The van der Waals surface area contributed by atoms with E-state index in [1.54, 1.807) is 79.9 Å². The van der Waals surface area contributed by atoms with Crippen molar-refractivity contribution in [2.45, 2.75) is 11.8 Å². The molecule has 42 heavy (non-hydrogen) atoms. The summed E-state index contributed by atoms with van der Waals surface area (Å²) in [5.74, 6) is 0.479. The van der Waals surface area contributed by atoms with Gasteiger partial charge in [-0.3, -0.25) is 14.4 Å². The molecule has 8 nitrogen and oxygen atoms in total. The van der Waals surface area contributed by atoms with Gasteiger partial charge in [0, 0.05) is 27.4 Å². The first-order valence-corrected chi connectivity index (χ1v) is 14.2. The average Bonchev–Trinajstić information content (AvgIpc) is 3.02. The zero-order chi connectivity index (χ0) is 29.7. The molecule has 0 spiro atoms. The highest BCUT2D eigenvalue weighted by molar-refractivity contribution is 8.00. The number of thioether (sulfide) groups is 1. The molecule has 0 bridgehead atoms. The van der Waals surface area contributed by atoms with Gasteiger partial charge >= 0.3 is 0 Å². The fourth-order valence-electron chi connectivity index (χ4n) is 3.84. The van der Waals surface area contributed by atoms with Crippen molar-refractivity contribution in [2.24, 2.45) is 0 Å². The van der Waals surface area contributed by atoms with E-state index >= 15 is 0 Å². The molecule has 9 heteroatoms. The molecule has 214 valence electrons. The Hall–Kier alpha value is -5.02. The lowest BCUT2D eigenvalue weighted by atomic mass is 10.1. The highest BCUT2D eigenvalue weighted by Crippen LogP contribution is 2.23. The molecule has 0 saturated heterocycles. The van der Waals surface area contributed by atoms with Crippen LogP contribution in [-0.4, -0.2) is 37.2 Å². The number of nitrogens with one attached hydrogen (secondary N) is 3. The highest BCUT2D eigenvalue weighted by atomic mass is 32.2. The summed E-state index contributed by atoms with van der Waals surface area (Å²) in [6.45, 7) is 2.33. The van der Waals surface area contributed by atoms with Gasteiger partial charge in [-0.2, -0.15) is 0 Å². The highest BCUT2D eigenvalue weighted by Gasteiger charge is 2.16. The zero-order valence-electron chi connectivity index (χ0n) is 23.3. The van der Waals surface area contributed by atoms with E-state index in [9.17, 15) is 14.4 Å². The van der Waals surface area contributed by atoms with E-state index in [2.05, 4.69) is 16.0 Å². The number of anilines is 2. The number of methoxy groups -OCH3 is 1. The summed E-state index contributed by atoms with van der Waals surface area (Å²) in [6.07, 6.45) is 1.59. The number of hydrogen-bond acceptors (Lipinski definition) is 6. The molecule has 4 aromatic carbocycles. The Labute approximate surface area is 249 Å². The van der Waals surface area contributed by atoms with Crippen LogP contribution in [0.25, 0.3) is 6.08 Å². The Morgan fingerprint density at radius 2 is 1.43 bits per heavy atom. The van der Waals surface area contributed by atoms with Crippen LogP contribution in [0, 0.1) is 0 Å². The number of carbonyl (C=O) groups is 3. The topological polar surface area (TPSA) is 106 Å². The van der Waals surface area contributed by atoms with Crippen molar-refractivity contribution in [3.05, 3.63) is 120 Å². The number of benzene rings is 4. The second-order valence-corrected chi connectivity index (χ2v) is 9.94. The van der Waals surface area contributed by atoms with Crippen molar-refractivity contribution in [3.63, 3.8) is 0 Å². The Bertz CT molecular complexity index is 1540. The molecule has 0 heterocycles. The van der Waals surface area contributed by atoms with Gasteiger partial charge in [0.1, 0.15) is 17.2 Å². The lowest BCUT2D eigenvalue weighted by Crippen LogP contribution is -2.30. The largest absolute Gasteiger partial charge is 0.497 e. The predicted molar refractivity (Wildman–Crippen MR) is 167 cm³/mol. The van der Waals surface area contributed by atoms with Crippen LogP contribution in [0.2, 0.25) is 0 Å².